The van der Waals surface area contributed by atoms with E-state index in [9.17, 15) is 27.6 Å². The molecule has 2 aliphatic carbocycles. The van der Waals surface area contributed by atoms with Gasteiger partial charge in [0.25, 0.3) is 0 Å². The van der Waals surface area contributed by atoms with E-state index >= 15 is 4.39 Å². The van der Waals surface area contributed by atoms with Gasteiger partial charge in [-0.3, -0.25) is 14.4 Å². The Balaban J connectivity index is 1.54. The molecule has 1 aromatic heterocycles. The summed E-state index contributed by atoms with van der Waals surface area (Å²) in [6.07, 6.45) is -1.12. The summed E-state index contributed by atoms with van der Waals surface area (Å²) in [5.74, 6) is -2.68. The van der Waals surface area contributed by atoms with E-state index in [-0.39, 0.29) is 47.2 Å². The molecule has 6 N–H and O–H groups in total. The number of H-pyrrole nitrogens is 1. The highest BCUT2D eigenvalue weighted by atomic mass is 32.1. The molecule has 0 aliphatic heterocycles. The van der Waals surface area contributed by atoms with E-state index in [1.54, 1.807) is 24.3 Å². The number of benzene rings is 2. The molecule has 3 aromatic rings. The summed E-state index contributed by atoms with van der Waals surface area (Å²) in [5, 5.41) is 9.20. The highest BCUT2D eigenvalue weighted by molar-refractivity contribution is 7.80. The van der Waals surface area contributed by atoms with E-state index in [2.05, 4.69) is 20.9 Å². The van der Waals surface area contributed by atoms with Crippen molar-refractivity contribution in [2.45, 2.75) is 115 Å². The number of hydrogen-bond donors (Lipinski definition) is 5. The number of thiocarbonyl (C=S) groups is 1. The van der Waals surface area contributed by atoms with Crippen molar-refractivity contribution in [3.63, 3.8) is 0 Å². The van der Waals surface area contributed by atoms with Gasteiger partial charge in [0.1, 0.15) is 17.4 Å². The Morgan fingerprint density at radius 3 is 2.16 bits per heavy atom. The van der Waals surface area contributed by atoms with Crippen molar-refractivity contribution < 1.29 is 31.9 Å². The molecule has 0 bridgehead atoms. The van der Waals surface area contributed by atoms with Gasteiger partial charge >= 0.3 is 6.18 Å². The molecule has 5 atom stereocenters. The van der Waals surface area contributed by atoms with Crippen molar-refractivity contribution in [2.75, 3.05) is 0 Å². The average molecular weight is 730 g/mol. The maximum Gasteiger partial charge on any atom is 0.418 e. The zero-order chi connectivity index (χ0) is 37.3. The third kappa shape index (κ3) is 7.36. The van der Waals surface area contributed by atoms with Gasteiger partial charge in [0, 0.05) is 23.1 Å². The number of aromatic nitrogens is 1. The fourth-order valence-electron chi connectivity index (χ4n) is 7.82. The summed E-state index contributed by atoms with van der Waals surface area (Å²) in [6, 6.07) is 8.27. The Bertz CT molecular complexity index is 1800. The number of amides is 3. The second-order valence-corrected chi connectivity index (χ2v) is 14.9. The van der Waals surface area contributed by atoms with E-state index < -0.39 is 58.3 Å². The normalized spacial score (nSPS) is 20.9. The lowest BCUT2D eigenvalue weighted by Gasteiger charge is -2.40. The third-order valence-corrected chi connectivity index (χ3v) is 11.5. The van der Waals surface area contributed by atoms with Crippen molar-refractivity contribution in [3.05, 3.63) is 70.7 Å². The summed E-state index contributed by atoms with van der Waals surface area (Å²) in [7, 11) is 0. The number of aryl methyl sites for hydroxylation is 1. The first-order chi connectivity index (χ1) is 24.1. The van der Waals surface area contributed by atoms with E-state index in [1.807, 2.05) is 27.7 Å². The maximum atomic E-state index is 15.2. The zero-order valence-electron chi connectivity index (χ0n) is 29.4. The number of hydrogen-bond acceptors (Lipinski definition) is 4. The van der Waals surface area contributed by atoms with Crippen LogP contribution >= 0.6 is 12.2 Å². The Labute approximate surface area is 301 Å². The summed E-state index contributed by atoms with van der Waals surface area (Å²) < 4.78 is 57.2. The zero-order valence-corrected chi connectivity index (χ0v) is 30.3. The topological polar surface area (TPSA) is 129 Å². The summed E-state index contributed by atoms with van der Waals surface area (Å²) in [4.78, 5) is 46.2. The van der Waals surface area contributed by atoms with Crippen LogP contribution in [-0.2, 0) is 38.8 Å². The van der Waals surface area contributed by atoms with Gasteiger partial charge in [-0.05, 0) is 55.2 Å². The number of alkyl halides is 3. The van der Waals surface area contributed by atoms with Crippen LogP contribution in [0.3, 0.4) is 0 Å². The van der Waals surface area contributed by atoms with Crippen molar-refractivity contribution in [1.82, 2.24) is 20.9 Å². The minimum Gasteiger partial charge on any atom is -0.392 e. The molecule has 0 radical (unpaired) electrons. The van der Waals surface area contributed by atoms with Gasteiger partial charge in [0.2, 0.25) is 17.7 Å². The van der Waals surface area contributed by atoms with Gasteiger partial charge in [-0.2, -0.15) is 13.2 Å². The van der Waals surface area contributed by atoms with E-state index in [0.29, 0.717) is 55.2 Å². The van der Waals surface area contributed by atoms with Gasteiger partial charge < -0.3 is 26.7 Å². The molecule has 0 saturated heterocycles. The number of carbonyl (C=O) groups excluding carboxylic acids is 3. The lowest BCUT2D eigenvalue weighted by atomic mass is 9.76. The molecule has 276 valence electrons. The summed E-state index contributed by atoms with van der Waals surface area (Å²) >= 11 is 5.31. The van der Waals surface area contributed by atoms with Crippen molar-refractivity contribution in [1.29, 1.82) is 0 Å². The molecule has 1 fully saturated rings. The second-order valence-electron chi connectivity index (χ2n) is 14.4. The molecule has 8 nitrogen and oxygen atoms in total. The Kier molecular flexibility index (Phi) is 11.2. The highest BCUT2D eigenvalue weighted by Crippen LogP contribution is 2.43. The number of carbonyl (C=O) groups is 3. The van der Waals surface area contributed by atoms with Crippen LogP contribution in [0.1, 0.15) is 95.0 Å². The lowest BCUT2D eigenvalue weighted by molar-refractivity contribution is -0.138. The minimum absolute atomic E-state index is 0.0522. The number of fused-ring (bicyclic) bond motifs is 3. The highest BCUT2D eigenvalue weighted by Gasteiger charge is 2.49. The Morgan fingerprint density at radius 2 is 1.55 bits per heavy atom. The fraction of sp³-hybridized carbons (Fsp3) is 0.526. The number of aromatic amines is 1. The molecule has 2 aliphatic rings. The van der Waals surface area contributed by atoms with Gasteiger partial charge in [-0.15, -0.1) is 0 Å². The molecule has 2 unspecified atom stereocenters. The predicted octanol–water partition coefficient (Wildman–Crippen LogP) is 6.53. The Hall–Kier alpha value is -4.00. The molecule has 13 heteroatoms. The number of nitrogens with one attached hydrogen (secondary N) is 4. The van der Waals surface area contributed by atoms with E-state index in [4.69, 9.17) is 18.0 Å². The minimum atomic E-state index is -4.61. The lowest BCUT2D eigenvalue weighted by Crippen LogP contribution is -2.67. The van der Waals surface area contributed by atoms with Gasteiger partial charge in [0.05, 0.1) is 27.5 Å². The van der Waals surface area contributed by atoms with Crippen LogP contribution < -0.4 is 21.7 Å². The fourth-order valence-corrected chi connectivity index (χ4v) is 8.11. The van der Waals surface area contributed by atoms with Crippen molar-refractivity contribution in [2.24, 2.45) is 17.6 Å². The quantitative estimate of drug-likeness (QED) is 0.107. The second kappa shape index (κ2) is 14.9. The standard InChI is InChI=1S/C38H47F4N5O3S/c1-5-21(3)29(32(43)51)45-35(50)37(19-16-28-24(20-37)23-12-11-14-26(31(23)44-28)38(40,41)42)47-33(48)30(22(4)6-2)46-34(49)36(17-9-10-18-36)25-13-7-8-15-27(25)39/h7-8,11-15,21-22,29-30,44H,5-6,9-10,16-20H2,1-4H3,(H2,43,51)(H,45,50)(H,46,49)(H,47,48)/t21-,22?,29?,30-,37+/m0/s1. The van der Waals surface area contributed by atoms with Crippen LogP contribution in [0.15, 0.2) is 42.5 Å². The largest absolute Gasteiger partial charge is 0.418 e. The molecule has 51 heavy (non-hydrogen) atoms. The van der Waals surface area contributed by atoms with E-state index in [1.165, 1.54) is 12.1 Å². The predicted molar refractivity (Wildman–Crippen MR) is 192 cm³/mol. The third-order valence-electron chi connectivity index (χ3n) is 11.3. The Morgan fingerprint density at radius 1 is 0.922 bits per heavy atom. The van der Waals surface area contributed by atoms with Crippen molar-refractivity contribution in [3.8, 4) is 0 Å². The monoisotopic (exact) mass is 729 g/mol. The molecule has 5 rings (SSSR count). The molecular weight excluding hydrogens is 683 g/mol. The van der Waals surface area contributed by atoms with Crippen LogP contribution in [0.4, 0.5) is 17.6 Å². The molecule has 1 saturated carbocycles. The van der Waals surface area contributed by atoms with Crippen LogP contribution in [-0.4, -0.2) is 45.3 Å². The SMILES string of the molecule is CCC(C)[C@H](NC(=O)C1(c2ccccc2F)CCCC1)C(=O)N[C@]1(C(=O)NC(C(N)=S)[C@@H](C)CC)CCc2[nH]c3c(C(F)(F)F)cccc3c2C1. The number of nitrogens with two attached hydrogens (primary N) is 1. The first-order valence-corrected chi connectivity index (χ1v) is 18.2. The maximum absolute atomic E-state index is 15.2. The number of rotatable bonds is 12. The van der Waals surface area contributed by atoms with Crippen LogP contribution in [0, 0.1) is 17.7 Å². The van der Waals surface area contributed by atoms with Gasteiger partial charge in [0.15, 0.2) is 0 Å². The van der Waals surface area contributed by atoms with Gasteiger partial charge in [-0.25, -0.2) is 4.39 Å². The molecule has 2 aromatic carbocycles. The molecule has 0 spiro atoms. The molecular formula is C38H47F4N5O3S. The first kappa shape index (κ1) is 38.2. The first-order valence-electron chi connectivity index (χ1n) is 17.8. The number of halogens is 4. The summed E-state index contributed by atoms with van der Waals surface area (Å²) in [5.41, 5.74) is 3.68. The molecule has 3 amide bonds. The van der Waals surface area contributed by atoms with Crippen LogP contribution in [0.25, 0.3) is 10.9 Å². The van der Waals surface area contributed by atoms with E-state index in [0.717, 1.165) is 6.07 Å². The number of para-hydroxylation sites is 1. The average Bonchev–Trinajstić information content (AvgIpc) is 3.74. The van der Waals surface area contributed by atoms with Crippen LogP contribution in [0.5, 0.6) is 0 Å². The molecule has 1 heterocycles. The summed E-state index contributed by atoms with van der Waals surface area (Å²) in [6.45, 7) is 7.49. The van der Waals surface area contributed by atoms with Gasteiger partial charge in [-0.1, -0.05) is 95.9 Å². The smallest absolute Gasteiger partial charge is 0.392 e. The van der Waals surface area contributed by atoms with Crippen LogP contribution in [0.2, 0.25) is 0 Å². The van der Waals surface area contributed by atoms with Crippen molar-refractivity contribution >= 4 is 45.8 Å².